The molecule has 110 valence electrons. The van der Waals surface area contributed by atoms with Gasteiger partial charge in [-0.25, -0.2) is 23.1 Å². The second kappa shape index (κ2) is 5.89. The Morgan fingerprint density at radius 1 is 1.43 bits per heavy atom. The number of nitriles is 1. The van der Waals surface area contributed by atoms with Crippen molar-refractivity contribution in [2.24, 2.45) is 0 Å². The van der Waals surface area contributed by atoms with Gasteiger partial charge in [-0.15, -0.1) is 11.3 Å². The number of aryl methyl sites for hydroxylation is 2. The summed E-state index contributed by atoms with van der Waals surface area (Å²) in [6, 6.07) is 4.22. The van der Waals surface area contributed by atoms with Gasteiger partial charge in [-0.3, -0.25) is 0 Å². The van der Waals surface area contributed by atoms with E-state index in [1.807, 2.05) is 13.8 Å². The van der Waals surface area contributed by atoms with Crippen LogP contribution in [0.5, 0.6) is 0 Å². The normalized spacial score (nSPS) is 12.9. The SMILES string of the molecule is Cc1nc(C)c(C(C)NS(=O)(=O)c2cccnc2C#N)s1. The van der Waals surface area contributed by atoms with Gasteiger partial charge in [-0.2, -0.15) is 5.26 Å². The van der Waals surface area contributed by atoms with Crippen molar-refractivity contribution in [1.29, 1.82) is 5.26 Å². The van der Waals surface area contributed by atoms with Crippen LogP contribution in [0.3, 0.4) is 0 Å². The zero-order chi connectivity index (χ0) is 15.6. The average Bonchev–Trinajstić information content (AvgIpc) is 2.77. The molecule has 0 saturated heterocycles. The van der Waals surface area contributed by atoms with Gasteiger partial charge in [0, 0.05) is 11.1 Å². The molecule has 2 aromatic rings. The number of nitrogens with zero attached hydrogens (tertiary/aromatic N) is 3. The van der Waals surface area contributed by atoms with Crippen molar-refractivity contribution in [3.8, 4) is 6.07 Å². The van der Waals surface area contributed by atoms with Gasteiger partial charge >= 0.3 is 0 Å². The summed E-state index contributed by atoms with van der Waals surface area (Å²) >= 11 is 1.45. The molecular weight excluding hydrogens is 308 g/mol. The molecule has 0 spiro atoms. The third-order valence-corrected chi connectivity index (χ3v) is 5.66. The standard InChI is InChI=1S/C13H14N4O2S2/c1-8-13(20-10(3)16-8)9(2)17-21(18,19)12-5-4-6-15-11(12)7-14/h4-6,9,17H,1-3H3. The lowest BCUT2D eigenvalue weighted by Crippen LogP contribution is -2.27. The molecule has 2 aromatic heterocycles. The lowest BCUT2D eigenvalue weighted by Gasteiger charge is -2.13. The molecule has 2 rings (SSSR count). The first-order valence-electron chi connectivity index (χ1n) is 6.16. The van der Waals surface area contributed by atoms with E-state index < -0.39 is 16.1 Å². The van der Waals surface area contributed by atoms with Crippen LogP contribution in [-0.4, -0.2) is 18.4 Å². The quantitative estimate of drug-likeness (QED) is 0.929. The van der Waals surface area contributed by atoms with E-state index in [1.54, 1.807) is 13.0 Å². The molecular formula is C13H14N4O2S2. The lowest BCUT2D eigenvalue weighted by molar-refractivity contribution is 0.567. The van der Waals surface area contributed by atoms with Crippen LogP contribution in [0.1, 0.15) is 34.2 Å². The number of pyridine rings is 1. The van der Waals surface area contributed by atoms with E-state index >= 15 is 0 Å². The molecule has 8 heteroatoms. The van der Waals surface area contributed by atoms with E-state index in [0.29, 0.717) is 0 Å². The van der Waals surface area contributed by atoms with E-state index in [9.17, 15) is 8.42 Å². The second-order valence-electron chi connectivity index (χ2n) is 4.49. The zero-order valence-corrected chi connectivity index (χ0v) is 13.4. The Hall–Kier alpha value is -1.82. The summed E-state index contributed by atoms with van der Waals surface area (Å²) in [5, 5.41) is 9.85. The summed E-state index contributed by atoms with van der Waals surface area (Å²) in [6.45, 7) is 5.46. The smallest absolute Gasteiger partial charge is 0.244 e. The highest BCUT2D eigenvalue weighted by molar-refractivity contribution is 7.89. The first-order chi connectivity index (χ1) is 9.85. The Labute approximate surface area is 127 Å². The largest absolute Gasteiger partial charge is 0.247 e. The van der Waals surface area contributed by atoms with Gasteiger partial charge < -0.3 is 0 Å². The third-order valence-electron chi connectivity index (χ3n) is 2.83. The number of rotatable bonds is 4. The summed E-state index contributed by atoms with van der Waals surface area (Å²) in [4.78, 5) is 8.81. The third kappa shape index (κ3) is 3.26. The number of hydrogen-bond donors (Lipinski definition) is 1. The molecule has 0 bridgehead atoms. The van der Waals surface area contributed by atoms with Crippen molar-refractivity contribution in [3.63, 3.8) is 0 Å². The fraction of sp³-hybridized carbons (Fsp3) is 0.308. The van der Waals surface area contributed by atoms with Crippen molar-refractivity contribution >= 4 is 21.4 Å². The molecule has 0 amide bonds. The van der Waals surface area contributed by atoms with Gasteiger partial charge in [0.05, 0.1) is 16.7 Å². The summed E-state index contributed by atoms with van der Waals surface area (Å²) in [5.41, 5.74) is 0.689. The number of aromatic nitrogens is 2. The minimum atomic E-state index is -3.81. The molecule has 6 nitrogen and oxygen atoms in total. The number of nitrogens with one attached hydrogen (secondary N) is 1. The van der Waals surface area contributed by atoms with Gasteiger partial charge in [0.1, 0.15) is 11.0 Å². The summed E-state index contributed by atoms with van der Waals surface area (Å²) in [5.74, 6) is 0. The van der Waals surface area contributed by atoms with Gasteiger partial charge in [0.15, 0.2) is 5.69 Å². The molecule has 0 fully saturated rings. The molecule has 0 aliphatic rings. The lowest BCUT2D eigenvalue weighted by atomic mass is 10.2. The molecule has 0 saturated carbocycles. The Morgan fingerprint density at radius 3 is 2.71 bits per heavy atom. The highest BCUT2D eigenvalue weighted by Gasteiger charge is 2.24. The first kappa shape index (κ1) is 15.6. The Kier molecular flexibility index (Phi) is 4.37. The highest BCUT2D eigenvalue weighted by atomic mass is 32.2. The zero-order valence-electron chi connectivity index (χ0n) is 11.8. The maximum atomic E-state index is 12.4. The molecule has 1 N–H and O–H groups in total. The molecule has 0 radical (unpaired) electrons. The van der Waals surface area contributed by atoms with Crippen molar-refractivity contribution in [1.82, 2.24) is 14.7 Å². The van der Waals surface area contributed by atoms with Crippen LogP contribution in [0.4, 0.5) is 0 Å². The molecule has 0 aliphatic carbocycles. The van der Waals surface area contributed by atoms with Gasteiger partial charge in [-0.1, -0.05) is 0 Å². The van der Waals surface area contributed by atoms with Crippen LogP contribution < -0.4 is 4.72 Å². The van der Waals surface area contributed by atoms with Crippen molar-refractivity contribution in [2.45, 2.75) is 31.7 Å². The second-order valence-corrected chi connectivity index (χ2v) is 7.40. The van der Waals surface area contributed by atoms with E-state index in [0.717, 1.165) is 15.6 Å². The van der Waals surface area contributed by atoms with Crippen LogP contribution in [0.15, 0.2) is 23.2 Å². The number of sulfonamides is 1. The van der Waals surface area contributed by atoms with Crippen LogP contribution in [0.25, 0.3) is 0 Å². The first-order valence-corrected chi connectivity index (χ1v) is 8.46. The monoisotopic (exact) mass is 322 g/mol. The number of hydrogen-bond acceptors (Lipinski definition) is 6. The van der Waals surface area contributed by atoms with Gasteiger partial charge in [-0.05, 0) is 32.9 Å². The topological polar surface area (TPSA) is 95.7 Å². The minimum Gasteiger partial charge on any atom is -0.247 e. The molecule has 0 aliphatic heterocycles. The Morgan fingerprint density at radius 2 is 2.14 bits per heavy atom. The predicted molar refractivity (Wildman–Crippen MR) is 79.3 cm³/mol. The molecule has 1 unspecified atom stereocenters. The van der Waals surface area contributed by atoms with Crippen molar-refractivity contribution in [3.05, 3.63) is 39.6 Å². The Bertz CT molecular complexity index is 806. The van der Waals surface area contributed by atoms with Crippen molar-refractivity contribution in [2.75, 3.05) is 0 Å². The average molecular weight is 322 g/mol. The maximum Gasteiger partial charge on any atom is 0.244 e. The molecule has 21 heavy (non-hydrogen) atoms. The Balaban J connectivity index is 2.34. The molecule has 0 aromatic carbocycles. The minimum absolute atomic E-state index is 0.113. The van der Waals surface area contributed by atoms with Crippen LogP contribution in [0, 0.1) is 25.2 Å². The van der Waals surface area contributed by atoms with E-state index in [2.05, 4.69) is 14.7 Å². The maximum absolute atomic E-state index is 12.4. The summed E-state index contributed by atoms with van der Waals surface area (Å²) in [6.07, 6.45) is 1.39. The molecule has 2 heterocycles. The summed E-state index contributed by atoms with van der Waals surface area (Å²) < 4.78 is 27.4. The van der Waals surface area contributed by atoms with Crippen LogP contribution >= 0.6 is 11.3 Å². The van der Waals surface area contributed by atoms with Gasteiger partial charge in [0.25, 0.3) is 0 Å². The predicted octanol–water partition coefficient (Wildman–Crippen LogP) is 2.07. The fourth-order valence-corrected chi connectivity index (χ4v) is 4.32. The van der Waals surface area contributed by atoms with E-state index in [-0.39, 0.29) is 10.6 Å². The van der Waals surface area contributed by atoms with E-state index in [1.165, 1.54) is 29.7 Å². The van der Waals surface area contributed by atoms with Crippen LogP contribution in [-0.2, 0) is 10.0 Å². The fourth-order valence-electron chi connectivity index (χ4n) is 1.99. The van der Waals surface area contributed by atoms with E-state index in [4.69, 9.17) is 5.26 Å². The molecule has 1 atom stereocenters. The van der Waals surface area contributed by atoms with Crippen molar-refractivity contribution < 1.29 is 8.42 Å². The highest BCUT2D eigenvalue weighted by Crippen LogP contribution is 2.26. The number of thiazole rings is 1. The van der Waals surface area contributed by atoms with Crippen LogP contribution in [0.2, 0.25) is 0 Å². The van der Waals surface area contributed by atoms with Gasteiger partial charge in [0.2, 0.25) is 10.0 Å². The summed E-state index contributed by atoms with van der Waals surface area (Å²) in [7, 11) is -3.81.